The van der Waals surface area contributed by atoms with Crippen molar-refractivity contribution in [2.24, 2.45) is 0 Å². The van der Waals surface area contributed by atoms with Crippen LogP contribution in [-0.2, 0) is 6.42 Å². The van der Waals surface area contributed by atoms with E-state index in [1.54, 1.807) is 0 Å². The van der Waals surface area contributed by atoms with Crippen molar-refractivity contribution in [3.63, 3.8) is 0 Å². The Labute approximate surface area is 120 Å². The highest BCUT2D eigenvalue weighted by molar-refractivity contribution is 5.51. The lowest BCUT2D eigenvalue weighted by Crippen LogP contribution is -2.21. The van der Waals surface area contributed by atoms with Crippen LogP contribution in [0.4, 0.5) is 5.69 Å². The molecule has 3 rings (SSSR count). The van der Waals surface area contributed by atoms with E-state index in [2.05, 4.69) is 54.7 Å². The zero-order valence-electron chi connectivity index (χ0n) is 11.9. The molecule has 0 aromatic heterocycles. The van der Waals surface area contributed by atoms with Crippen molar-refractivity contribution in [3.05, 3.63) is 59.7 Å². The largest absolute Gasteiger partial charge is 0.493 e. The third-order valence-corrected chi connectivity index (χ3v) is 4.02. The number of fused-ring (bicyclic) bond motifs is 1. The minimum atomic E-state index is 0.532. The van der Waals surface area contributed by atoms with Crippen LogP contribution < -0.4 is 10.1 Å². The van der Waals surface area contributed by atoms with Crippen molar-refractivity contribution in [1.82, 2.24) is 0 Å². The van der Waals surface area contributed by atoms with Gasteiger partial charge < -0.3 is 10.1 Å². The standard InChI is InChI=1S/C18H21NO/c1-2-14-7-3-5-9-17(14)19-13-15-11-12-20-18-10-6-4-8-16(15)18/h3-10,15,19H,2,11-13H2,1H3. The van der Waals surface area contributed by atoms with Crippen molar-refractivity contribution >= 4 is 5.69 Å². The average Bonchev–Trinajstić information content (AvgIpc) is 2.53. The van der Waals surface area contributed by atoms with E-state index in [0.29, 0.717) is 5.92 Å². The normalized spacial score (nSPS) is 17.1. The van der Waals surface area contributed by atoms with Crippen LogP contribution >= 0.6 is 0 Å². The summed E-state index contributed by atoms with van der Waals surface area (Å²) in [4.78, 5) is 0. The first-order valence-corrected chi connectivity index (χ1v) is 7.42. The Morgan fingerprint density at radius 2 is 1.90 bits per heavy atom. The van der Waals surface area contributed by atoms with E-state index in [-0.39, 0.29) is 0 Å². The van der Waals surface area contributed by atoms with Gasteiger partial charge >= 0.3 is 0 Å². The Kier molecular flexibility index (Phi) is 3.91. The number of aryl methyl sites for hydroxylation is 1. The predicted octanol–water partition coefficient (Wildman–Crippen LogP) is 4.23. The van der Waals surface area contributed by atoms with E-state index in [1.807, 2.05) is 6.07 Å². The molecule has 1 atom stereocenters. The molecule has 0 saturated heterocycles. The van der Waals surface area contributed by atoms with Crippen LogP contribution in [0.5, 0.6) is 5.75 Å². The third-order valence-electron chi connectivity index (χ3n) is 4.02. The molecule has 2 aromatic carbocycles. The Hall–Kier alpha value is -1.96. The summed E-state index contributed by atoms with van der Waals surface area (Å²) >= 11 is 0. The van der Waals surface area contributed by atoms with E-state index in [9.17, 15) is 0 Å². The fraction of sp³-hybridized carbons (Fsp3) is 0.333. The van der Waals surface area contributed by atoms with Gasteiger partial charge in [0.15, 0.2) is 0 Å². The Bertz CT molecular complexity index is 579. The number of hydrogen-bond donors (Lipinski definition) is 1. The molecule has 0 bridgehead atoms. The maximum absolute atomic E-state index is 5.72. The second kappa shape index (κ2) is 6.00. The van der Waals surface area contributed by atoms with Gasteiger partial charge in [0, 0.05) is 18.2 Å². The van der Waals surface area contributed by atoms with Gasteiger partial charge in [-0.3, -0.25) is 0 Å². The summed E-state index contributed by atoms with van der Waals surface area (Å²) in [6.07, 6.45) is 2.14. The highest BCUT2D eigenvalue weighted by Crippen LogP contribution is 2.33. The molecular formula is C18H21NO. The molecule has 0 amide bonds. The summed E-state index contributed by atoms with van der Waals surface area (Å²) in [5.41, 5.74) is 3.98. The first-order valence-electron chi connectivity index (χ1n) is 7.42. The van der Waals surface area contributed by atoms with Gasteiger partial charge in [0.2, 0.25) is 0 Å². The van der Waals surface area contributed by atoms with Crippen molar-refractivity contribution < 1.29 is 4.74 Å². The SMILES string of the molecule is CCc1ccccc1NCC1CCOc2ccccc21. The molecule has 0 aliphatic carbocycles. The first-order chi connectivity index (χ1) is 9.88. The number of para-hydroxylation sites is 2. The van der Waals surface area contributed by atoms with Gasteiger partial charge in [-0.05, 0) is 36.1 Å². The minimum Gasteiger partial charge on any atom is -0.493 e. The monoisotopic (exact) mass is 267 g/mol. The van der Waals surface area contributed by atoms with Crippen LogP contribution in [0, 0.1) is 0 Å². The third kappa shape index (κ3) is 2.64. The molecule has 1 aliphatic heterocycles. The molecule has 1 heterocycles. The van der Waals surface area contributed by atoms with Gasteiger partial charge in [-0.1, -0.05) is 43.3 Å². The molecule has 1 N–H and O–H groups in total. The molecule has 0 radical (unpaired) electrons. The maximum Gasteiger partial charge on any atom is 0.122 e. The predicted molar refractivity (Wildman–Crippen MR) is 83.6 cm³/mol. The lowest BCUT2D eigenvalue weighted by Gasteiger charge is -2.26. The summed E-state index contributed by atoms with van der Waals surface area (Å²) in [5.74, 6) is 1.58. The number of ether oxygens (including phenoxy) is 1. The molecule has 0 spiro atoms. The smallest absolute Gasteiger partial charge is 0.122 e. The number of anilines is 1. The van der Waals surface area contributed by atoms with E-state index in [0.717, 1.165) is 31.7 Å². The van der Waals surface area contributed by atoms with Crippen LogP contribution in [0.25, 0.3) is 0 Å². The number of benzene rings is 2. The summed E-state index contributed by atoms with van der Waals surface area (Å²) in [6.45, 7) is 3.99. The molecule has 0 saturated carbocycles. The van der Waals surface area contributed by atoms with Crippen molar-refractivity contribution in [3.8, 4) is 5.75 Å². The van der Waals surface area contributed by atoms with Crippen LogP contribution in [0.15, 0.2) is 48.5 Å². The van der Waals surface area contributed by atoms with Crippen molar-refractivity contribution in [1.29, 1.82) is 0 Å². The average molecular weight is 267 g/mol. The Morgan fingerprint density at radius 3 is 2.80 bits per heavy atom. The van der Waals surface area contributed by atoms with E-state index < -0.39 is 0 Å². The van der Waals surface area contributed by atoms with Gasteiger partial charge in [-0.15, -0.1) is 0 Å². The summed E-state index contributed by atoms with van der Waals surface area (Å²) < 4.78 is 5.72. The highest BCUT2D eigenvalue weighted by Gasteiger charge is 2.20. The summed E-state index contributed by atoms with van der Waals surface area (Å²) in [6, 6.07) is 17.0. The fourth-order valence-electron chi connectivity index (χ4n) is 2.86. The zero-order valence-corrected chi connectivity index (χ0v) is 11.9. The molecule has 2 nitrogen and oxygen atoms in total. The summed E-state index contributed by atoms with van der Waals surface area (Å²) in [5, 5.41) is 3.62. The van der Waals surface area contributed by atoms with Gasteiger partial charge in [-0.2, -0.15) is 0 Å². The van der Waals surface area contributed by atoms with Gasteiger partial charge in [0.05, 0.1) is 6.61 Å². The summed E-state index contributed by atoms with van der Waals surface area (Å²) in [7, 11) is 0. The molecule has 2 aromatic rings. The van der Waals surface area contributed by atoms with E-state index in [1.165, 1.54) is 16.8 Å². The molecule has 2 heteroatoms. The Morgan fingerprint density at radius 1 is 1.10 bits per heavy atom. The van der Waals surface area contributed by atoms with Gasteiger partial charge in [0.25, 0.3) is 0 Å². The minimum absolute atomic E-state index is 0.532. The topological polar surface area (TPSA) is 21.3 Å². The molecule has 1 unspecified atom stereocenters. The maximum atomic E-state index is 5.72. The molecule has 0 fully saturated rings. The second-order valence-electron chi connectivity index (χ2n) is 5.26. The zero-order chi connectivity index (χ0) is 13.8. The van der Waals surface area contributed by atoms with Crippen LogP contribution in [0.2, 0.25) is 0 Å². The lowest BCUT2D eigenvalue weighted by atomic mass is 9.93. The van der Waals surface area contributed by atoms with E-state index in [4.69, 9.17) is 4.74 Å². The number of nitrogens with one attached hydrogen (secondary N) is 1. The van der Waals surface area contributed by atoms with Gasteiger partial charge in [-0.25, -0.2) is 0 Å². The molecule has 104 valence electrons. The lowest BCUT2D eigenvalue weighted by molar-refractivity contribution is 0.270. The first kappa shape index (κ1) is 13.0. The van der Waals surface area contributed by atoms with Crippen LogP contribution in [-0.4, -0.2) is 13.2 Å². The van der Waals surface area contributed by atoms with Crippen molar-refractivity contribution in [2.45, 2.75) is 25.7 Å². The number of rotatable bonds is 4. The fourth-order valence-corrected chi connectivity index (χ4v) is 2.86. The highest BCUT2D eigenvalue weighted by atomic mass is 16.5. The second-order valence-corrected chi connectivity index (χ2v) is 5.26. The number of hydrogen-bond acceptors (Lipinski definition) is 2. The van der Waals surface area contributed by atoms with Gasteiger partial charge in [0.1, 0.15) is 5.75 Å². The quantitative estimate of drug-likeness (QED) is 0.895. The molecule has 1 aliphatic rings. The molecule has 20 heavy (non-hydrogen) atoms. The van der Waals surface area contributed by atoms with Crippen LogP contribution in [0.3, 0.4) is 0 Å². The van der Waals surface area contributed by atoms with Crippen molar-refractivity contribution in [2.75, 3.05) is 18.5 Å². The molecular weight excluding hydrogens is 246 g/mol. The Balaban J connectivity index is 1.73. The van der Waals surface area contributed by atoms with Crippen LogP contribution in [0.1, 0.15) is 30.4 Å². The van der Waals surface area contributed by atoms with E-state index >= 15 is 0 Å².